The molecule has 0 atom stereocenters. The second kappa shape index (κ2) is 9.37. The van der Waals surface area contributed by atoms with Crippen LogP contribution < -0.4 is 10.1 Å². The van der Waals surface area contributed by atoms with E-state index in [1.165, 1.54) is 12.7 Å². The lowest BCUT2D eigenvalue weighted by Gasteiger charge is -2.12. The molecule has 1 N–H and O–H groups in total. The summed E-state index contributed by atoms with van der Waals surface area (Å²) < 4.78 is 13.0. The highest BCUT2D eigenvalue weighted by Crippen LogP contribution is 2.20. The molecule has 0 saturated carbocycles. The quantitative estimate of drug-likeness (QED) is 0.577. The summed E-state index contributed by atoms with van der Waals surface area (Å²) in [6.45, 7) is 5.94. The number of aryl methyl sites for hydroxylation is 3. The molecule has 0 aliphatic carbocycles. The minimum absolute atomic E-state index is 0.0456. The van der Waals surface area contributed by atoms with Gasteiger partial charge >= 0.3 is 0 Å². The molecule has 0 unspecified atom stereocenters. The zero-order valence-corrected chi connectivity index (χ0v) is 16.7. The summed E-state index contributed by atoms with van der Waals surface area (Å²) in [5, 5.41) is 2.85. The Morgan fingerprint density at radius 3 is 2.79 bits per heavy atom. The minimum Gasteiger partial charge on any atom is -0.493 e. The van der Waals surface area contributed by atoms with Gasteiger partial charge in [-0.05, 0) is 44.0 Å². The van der Waals surface area contributed by atoms with Crippen molar-refractivity contribution >= 4 is 16.9 Å². The maximum absolute atomic E-state index is 11.7. The van der Waals surface area contributed by atoms with E-state index in [4.69, 9.17) is 9.47 Å². The van der Waals surface area contributed by atoms with Crippen molar-refractivity contribution in [2.45, 2.75) is 33.4 Å². The van der Waals surface area contributed by atoms with Gasteiger partial charge in [0.15, 0.2) is 0 Å². The van der Waals surface area contributed by atoms with Gasteiger partial charge in [0.25, 0.3) is 0 Å². The van der Waals surface area contributed by atoms with Crippen LogP contribution in [0.5, 0.6) is 5.75 Å². The second-order valence-corrected chi connectivity index (χ2v) is 6.85. The van der Waals surface area contributed by atoms with Crippen molar-refractivity contribution in [3.63, 3.8) is 0 Å². The number of carbonyl (C=O) groups is 1. The molecule has 28 heavy (non-hydrogen) atoms. The molecule has 0 aliphatic heterocycles. The number of ether oxygens (including phenoxy) is 2. The predicted octanol–water partition coefficient (Wildman–Crippen LogP) is 3.38. The number of hydrogen-bond donors (Lipinski definition) is 1. The molecular formula is C22H27N3O3. The number of methoxy groups -OCH3 is 1. The number of imidazole rings is 1. The highest BCUT2D eigenvalue weighted by Gasteiger charge is 2.11. The summed E-state index contributed by atoms with van der Waals surface area (Å²) >= 11 is 0. The summed E-state index contributed by atoms with van der Waals surface area (Å²) in [5.41, 5.74) is 4.36. The molecule has 6 nitrogen and oxygen atoms in total. The van der Waals surface area contributed by atoms with Crippen molar-refractivity contribution in [3.05, 3.63) is 59.4 Å². The van der Waals surface area contributed by atoms with Crippen LogP contribution in [0.3, 0.4) is 0 Å². The van der Waals surface area contributed by atoms with Gasteiger partial charge in [0, 0.05) is 13.7 Å². The Bertz CT molecular complexity index is 949. The third kappa shape index (κ3) is 4.89. The van der Waals surface area contributed by atoms with Crippen molar-refractivity contribution in [2.24, 2.45) is 0 Å². The largest absolute Gasteiger partial charge is 0.493 e. The Morgan fingerprint density at radius 1 is 1.18 bits per heavy atom. The fraction of sp³-hybridized carbons (Fsp3) is 0.364. The second-order valence-electron chi connectivity index (χ2n) is 6.85. The number of hydrogen-bond acceptors (Lipinski definition) is 4. The number of fused-ring (bicyclic) bond motifs is 1. The van der Waals surface area contributed by atoms with Gasteiger partial charge in [0.05, 0.1) is 24.2 Å². The van der Waals surface area contributed by atoms with Gasteiger partial charge in [-0.1, -0.05) is 29.8 Å². The molecule has 3 rings (SSSR count). The fourth-order valence-electron chi connectivity index (χ4n) is 3.24. The first-order valence-electron chi connectivity index (χ1n) is 9.48. The van der Waals surface area contributed by atoms with Gasteiger partial charge in [-0.15, -0.1) is 0 Å². The van der Waals surface area contributed by atoms with Gasteiger partial charge in [0.1, 0.15) is 18.2 Å². The summed E-state index contributed by atoms with van der Waals surface area (Å²) in [6, 6.07) is 14.2. The SMILES string of the molecule is COCC(=O)NCc1nc2ccccc2n1CCCOc1ccc(C)cc1C. The lowest BCUT2D eigenvalue weighted by Crippen LogP contribution is -2.28. The van der Waals surface area contributed by atoms with Crippen LogP contribution in [0.25, 0.3) is 11.0 Å². The van der Waals surface area contributed by atoms with E-state index in [1.54, 1.807) is 0 Å². The monoisotopic (exact) mass is 381 g/mol. The van der Waals surface area contributed by atoms with Crippen molar-refractivity contribution in [2.75, 3.05) is 20.3 Å². The van der Waals surface area contributed by atoms with Crippen LogP contribution in [-0.2, 0) is 22.6 Å². The number of amides is 1. The van der Waals surface area contributed by atoms with Crippen LogP contribution in [0.15, 0.2) is 42.5 Å². The zero-order chi connectivity index (χ0) is 19.9. The Labute approximate surface area is 165 Å². The van der Waals surface area contributed by atoms with E-state index in [0.717, 1.165) is 41.1 Å². The number of aromatic nitrogens is 2. The first-order chi connectivity index (χ1) is 13.6. The minimum atomic E-state index is -0.153. The highest BCUT2D eigenvalue weighted by molar-refractivity contribution is 5.78. The molecule has 0 saturated heterocycles. The predicted molar refractivity (Wildman–Crippen MR) is 109 cm³/mol. The first-order valence-corrected chi connectivity index (χ1v) is 9.48. The lowest BCUT2D eigenvalue weighted by molar-refractivity contribution is -0.124. The fourth-order valence-corrected chi connectivity index (χ4v) is 3.24. The molecule has 1 aromatic heterocycles. The maximum atomic E-state index is 11.7. The number of nitrogens with zero attached hydrogens (tertiary/aromatic N) is 2. The van der Waals surface area contributed by atoms with Crippen molar-refractivity contribution in [1.82, 2.24) is 14.9 Å². The third-order valence-electron chi connectivity index (χ3n) is 4.57. The van der Waals surface area contributed by atoms with Crippen LogP contribution in [-0.4, -0.2) is 35.8 Å². The van der Waals surface area contributed by atoms with Crippen molar-refractivity contribution in [3.8, 4) is 5.75 Å². The molecule has 0 radical (unpaired) electrons. The average Bonchev–Trinajstić information content (AvgIpc) is 3.03. The van der Waals surface area contributed by atoms with Gasteiger partial charge in [-0.3, -0.25) is 4.79 Å². The smallest absolute Gasteiger partial charge is 0.246 e. The maximum Gasteiger partial charge on any atom is 0.246 e. The van der Waals surface area contributed by atoms with E-state index in [2.05, 4.69) is 40.8 Å². The number of rotatable bonds is 9. The summed E-state index contributed by atoms with van der Waals surface area (Å²) in [6.07, 6.45) is 0.840. The number of para-hydroxylation sites is 2. The van der Waals surface area contributed by atoms with Crippen LogP contribution in [0.1, 0.15) is 23.4 Å². The Balaban J connectivity index is 1.65. The Kier molecular flexibility index (Phi) is 6.66. The van der Waals surface area contributed by atoms with E-state index in [1.807, 2.05) is 30.3 Å². The van der Waals surface area contributed by atoms with E-state index in [-0.39, 0.29) is 12.5 Å². The van der Waals surface area contributed by atoms with Gasteiger partial charge < -0.3 is 19.4 Å². The van der Waals surface area contributed by atoms with Crippen LogP contribution >= 0.6 is 0 Å². The number of nitrogens with one attached hydrogen (secondary N) is 1. The van der Waals surface area contributed by atoms with Crippen molar-refractivity contribution in [1.29, 1.82) is 0 Å². The van der Waals surface area contributed by atoms with Crippen LogP contribution in [0, 0.1) is 13.8 Å². The summed E-state index contributed by atoms with van der Waals surface area (Å²) in [4.78, 5) is 16.4. The third-order valence-corrected chi connectivity index (χ3v) is 4.57. The van der Waals surface area contributed by atoms with E-state index >= 15 is 0 Å². The zero-order valence-electron chi connectivity index (χ0n) is 16.7. The standard InChI is InChI=1S/C22H27N3O3/c1-16-9-10-20(17(2)13-16)28-12-6-11-25-19-8-5-4-7-18(19)24-21(25)14-23-22(26)15-27-3/h4-5,7-10,13H,6,11-12,14-15H2,1-3H3,(H,23,26). The first kappa shape index (κ1) is 19.9. The molecule has 1 heterocycles. The average molecular weight is 381 g/mol. The molecule has 6 heteroatoms. The number of carbonyl (C=O) groups excluding carboxylic acids is 1. The molecule has 2 aromatic carbocycles. The molecular weight excluding hydrogens is 354 g/mol. The van der Waals surface area contributed by atoms with E-state index in [0.29, 0.717) is 13.2 Å². The lowest BCUT2D eigenvalue weighted by atomic mass is 10.1. The van der Waals surface area contributed by atoms with Crippen molar-refractivity contribution < 1.29 is 14.3 Å². The summed E-state index contributed by atoms with van der Waals surface area (Å²) in [5.74, 6) is 1.60. The molecule has 0 spiro atoms. The van der Waals surface area contributed by atoms with Crippen LogP contribution in [0.4, 0.5) is 0 Å². The molecule has 1 amide bonds. The van der Waals surface area contributed by atoms with E-state index in [9.17, 15) is 4.79 Å². The molecule has 0 fully saturated rings. The molecule has 148 valence electrons. The molecule has 3 aromatic rings. The molecule has 0 aliphatic rings. The topological polar surface area (TPSA) is 65.4 Å². The normalized spacial score (nSPS) is 11.0. The highest BCUT2D eigenvalue weighted by atomic mass is 16.5. The molecule has 0 bridgehead atoms. The van der Waals surface area contributed by atoms with Gasteiger partial charge in [0.2, 0.25) is 5.91 Å². The van der Waals surface area contributed by atoms with E-state index < -0.39 is 0 Å². The Hall–Kier alpha value is -2.86. The Morgan fingerprint density at radius 2 is 2.00 bits per heavy atom. The van der Waals surface area contributed by atoms with Crippen LogP contribution in [0.2, 0.25) is 0 Å². The number of benzene rings is 2. The van der Waals surface area contributed by atoms with Gasteiger partial charge in [-0.25, -0.2) is 4.98 Å². The summed E-state index contributed by atoms with van der Waals surface area (Å²) in [7, 11) is 1.50. The van der Waals surface area contributed by atoms with Gasteiger partial charge in [-0.2, -0.15) is 0 Å².